The number of fused-ring (bicyclic) bond motifs is 2. The largest absolute Gasteiger partial charge is 0.493 e. The molecule has 1 aromatic carbocycles. The molecule has 0 N–H and O–H groups in total. The Labute approximate surface area is 130 Å². The fourth-order valence-electron chi connectivity index (χ4n) is 3.36. The zero-order valence-electron chi connectivity index (χ0n) is 12.9. The Hall–Kier alpha value is -1.91. The van der Waals surface area contributed by atoms with Gasteiger partial charge in [0.1, 0.15) is 11.5 Å². The Morgan fingerprint density at radius 1 is 1.32 bits per heavy atom. The minimum absolute atomic E-state index is 0.215. The van der Waals surface area contributed by atoms with Crippen molar-refractivity contribution in [1.82, 2.24) is 4.90 Å². The smallest absolute Gasteiger partial charge is 0.410 e. The molecule has 1 fully saturated rings. The zero-order chi connectivity index (χ0) is 15.1. The second-order valence-electron chi connectivity index (χ2n) is 6.07. The van der Waals surface area contributed by atoms with Crippen LogP contribution < -0.4 is 9.47 Å². The van der Waals surface area contributed by atoms with Crippen molar-refractivity contribution < 1.29 is 19.0 Å². The number of hydrogen-bond acceptors (Lipinski definition) is 4. The summed E-state index contributed by atoms with van der Waals surface area (Å²) in [5, 5.41) is 0. The van der Waals surface area contributed by atoms with E-state index in [0.29, 0.717) is 32.4 Å². The lowest BCUT2D eigenvalue weighted by Crippen LogP contribution is -2.33. The van der Waals surface area contributed by atoms with Crippen molar-refractivity contribution in [1.29, 1.82) is 0 Å². The normalized spacial score (nSPS) is 18.2. The standard InChI is InChI=1S/C17H21NO4/c1-2-20-17(19)18(12-3-4-12)10-14-13-6-8-21-15(13)9-11-5-7-22-16(11)14/h9,12H,2-8,10H2,1H3. The maximum absolute atomic E-state index is 12.3. The van der Waals surface area contributed by atoms with Gasteiger partial charge in [0.05, 0.1) is 26.4 Å². The van der Waals surface area contributed by atoms with E-state index in [4.69, 9.17) is 14.2 Å². The first-order valence-electron chi connectivity index (χ1n) is 8.14. The van der Waals surface area contributed by atoms with Crippen LogP contribution in [0.15, 0.2) is 6.07 Å². The van der Waals surface area contributed by atoms with E-state index in [0.717, 1.165) is 42.7 Å². The molecule has 22 heavy (non-hydrogen) atoms. The Balaban J connectivity index is 1.68. The van der Waals surface area contributed by atoms with E-state index < -0.39 is 0 Å². The molecule has 118 valence electrons. The fourth-order valence-corrected chi connectivity index (χ4v) is 3.36. The van der Waals surface area contributed by atoms with Gasteiger partial charge in [0.2, 0.25) is 0 Å². The highest BCUT2D eigenvalue weighted by atomic mass is 16.6. The first-order chi connectivity index (χ1) is 10.8. The second kappa shape index (κ2) is 5.38. The molecule has 0 bridgehead atoms. The number of carbonyl (C=O) groups excluding carboxylic acids is 1. The third kappa shape index (κ3) is 2.28. The average molecular weight is 303 g/mol. The van der Waals surface area contributed by atoms with E-state index in [1.54, 1.807) is 0 Å². The third-order valence-electron chi connectivity index (χ3n) is 4.58. The fraction of sp³-hybridized carbons (Fsp3) is 0.588. The van der Waals surface area contributed by atoms with Gasteiger partial charge in [-0.2, -0.15) is 0 Å². The summed E-state index contributed by atoms with van der Waals surface area (Å²) in [5.41, 5.74) is 3.54. The number of nitrogens with zero attached hydrogens (tertiary/aromatic N) is 1. The van der Waals surface area contributed by atoms with Crippen molar-refractivity contribution >= 4 is 6.09 Å². The van der Waals surface area contributed by atoms with Crippen LogP contribution in [0, 0.1) is 0 Å². The van der Waals surface area contributed by atoms with Crippen LogP contribution in [-0.4, -0.2) is 36.9 Å². The monoisotopic (exact) mass is 303 g/mol. The van der Waals surface area contributed by atoms with Crippen LogP contribution in [0.2, 0.25) is 0 Å². The van der Waals surface area contributed by atoms with Crippen LogP contribution in [0.5, 0.6) is 11.5 Å². The quantitative estimate of drug-likeness (QED) is 0.858. The summed E-state index contributed by atoms with van der Waals surface area (Å²) in [6.07, 6.45) is 3.72. The molecule has 2 heterocycles. The first kappa shape index (κ1) is 13.7. The molecule has 1 aliphatic carbocycles. The lowest BCUT2D eigenvalue weighted by atomic mass is 9.99. The molecular formula is C17H21NO4. The molecular weight excluding hydrogens is 282 g/mol. The minimum Gasteiger partial charge on any atom is -0.493 e. The predicted octanol–water partition coefficient (Wildman–Crippen LogP) is 2.68. The highest BCUT2D eigenvalue weighted by molar-refractivity contribution is 5.69. The molecule has 1 amide bonds. The summed E-state index contributed by atoms with van der Waals surface area (Å²) in [6, 6.07) is 2.43. The summed E-state index contributed by atoms with van der Waals surface area (Å²) in [6.45, 7) is 4.25. The van der Waals surface area contributed by atoms with Gasteiger partial charge in [-0.15, -0.1) is 0 Å². The lowest BCUT2D eigenvalue weighted by molar-refractivity contribution is 0.101. The lowest BCUT2D eigenvalue weighted by Gasteiger charge is -2.24. The van der Waals surface area contributed by atoms with E-state index in [2.05, 4.69) is 6.07 Å². The molecule has 0 radical (unpaired) electrons. The van der Waals surface area contributed by atoms with Gasteiger partial charge in [0, 0.05) is 35.6 Å². The van der Waals surface area contributed by atoms with Crippen molar-refractivity contribution in [3.8, 4) is 11.5 Å². The molecule has 4 rings (SSSR count). The zero-order valence-corrected chi connectivity index (χ0v) is 12.9. The van der Waals surface area contributed by atoms with Crippen LogP contribution in [0.25, 0.3) is 0 Å². The molecule has 5 nitrogen and oxygen atoms in total. The Morgan fingerprint density at radius 2 is 2.14 bits per heavy atom. The van der Waals surface area contributed by atoms with Gasteiger partial charge in [-0.25, -0.2) is 4.79 Å². The van der Waals surface area contributed by atoms with E-state index >= 15 is 0 Å². The van der Waals surface area contributed by atoms with Gasteiger partial charge < -0.3 is 19.1 Å². The summed E-state index contributed by atoms with van der Waals surface area (Å²) in [5.74, 6) is 1.94. The molecule has 3 aliphatic rings. The summed E-state index contributed by atoms with van der Waals surface area (Å²) in [4.78, 5) is 14.1. The number of benzene rings is 1. The molecule has 1 saturated carbocycles. The van der Waals surface area contributed by atoms with Crippen LogP contribution in [0.1, 0.15) is 36.5 Å². The van der Waals surface area contributed by atoms with Gasteiger partial charge in [-0.1, -0.05) is 0 Å². The van der Waals surface area contributed by atoms with Crippen molar-refractivity contribution in [3.63, 3.8) is 0 Å². The van der Waals surface area contributed by atoms with Crippen molar-refractivity contribution in [3.05, 3.63) is 22.8 Å². The molecule has 5 heteroatoms. The average Bonchev–Trinajstić information content (AvgIpc) is 3.05. The maximum Gasteiger partial charge on any atom is 0.410 e. The highest BCUT2D eigenvalue weighted by Gasteiger charge is 2.36. The van der Waals surface area contributed by atoms with E-state index in [1.165, 1.54) is 11.1 Å². The summed E-state index contributed by atoms with van der Waals surface area (Å²) < 4.78 is 16.8. The first-order valence-corrected chi connectivity index (χ1v) is 8.14. The number of rotatable bonds is 4. The maximum atomic E-state index is 12.3. The number of hydrogen-bond donors (Lipinski definition) is 0. The Morgan fingerprint density at radius 3 is 2.91 bits per heavy atom. The molecule has 0 saturated heterocycles. The summed E-state index contributed by atoms with van der Waals surface area (Å²) in [7, 11) is 0. The van der Waals surface area contributed by atoms with Crippen LogP contribution in [0.4, 0.5) is 4.79 Å². The third-order valence-corrected chi connectivity index (χ3v) is 4.58. The topological polar surface area (TPSA) is 48.0 Å². The van der Waals surface area contributed by atoms with Crippen molar-refractivity contribution in [2.24, 2.45) is 0 Å². The number of amides is 1. The molecule has 0 atom stereocenters. The van der Waals surface area contributed by atoms with Crippen molar-refractivity contribution in [2.45, 2.75) is 45.2 Å². The molecule has 0 spiro atoms. The minimum atomic E-state index is -0.215. The Kier molecular flexibility index (Phi) is 3.36. The van der Waals surface area contributed by atoms with Gasteiger partial charge in [-0.05, 0) is 25.8 Å². The predicted molar refractivity (Wildman–Crippen MR) is 80.4 cm³/mol. The van der Waals surface area contributed by atoms with E-state index in [9.17, 15) is 4.79 Å². The SMILES string of the molecule is CCOC(=O)N(Cc1c2c(cc3c1OCC3)OCC2)C1CC1. The van der Waals surface area contributed by atoms with Crippen LogP contribution in [-0.2, 0) is 24.1 Å². The van der Waals surface area contributed by atoms with Gasteiger partial charge in [0.15, 0.2) is 0 Å². The van der Waals surface area contributed by atoms with Crippen molar-refractivity contribution in [2.75, 3.05) is 19.8 Å². The van der Waals surface area contributed by atoms with Gasteiger partial charge in [0.25, 0.3) is 0 Å². The van der Waals surface area contributed by atoms with Gasteiger partial charge >= 0.3 is 6.09 Å². The number of carbonyl (C=O) groups is 1. The molecule has 1 aromatic rings. The molecule has 0 aromatic heterocycles. The summed E-state index contributed by atoms with van der Waals surface area (Å²) >= 11 is 0. The number of ether oxygens (including phenoxy) is 3. The molecule has 0 unspecified atom stereocenters. The van der Waals surface area contributed by atoms with E-state index in [-0.39, 0.29) is 6.09 Å². The second-order valence-corrected chi connectivity index (χ2v) is 6.07. The van der Waals surface area contributed by atoms with E-state index in [1.807, 2.05) is 11.8 Å². The Bertz CT molecular complexity index is 577. The molecule has 2 aliphatic heterocycles. The van der Waals surface area contributed by atoms with Crippen LogP contribution >= 0.6 is 0 Å². The van der Waals surface area contributed by atoms with Crippen LogP contribution in [0.3, 0.4) is 0 Å². The van der Waals surface area contributed by atoms with Gasteiger partial charge in [-0.3, -0.25) is 0 Å². The highest BCUT2D eigenvalue weighted by Crippen LogP contribution is 2.42.